The van der Waals surface area contributed by atoms with Crippen molar-refractivity contribution in [3.05, 3.63) is 135 Å². The molecule has 4 N–H and O–H groups in total. The van der Waals surface area contributed by atoms with Gasteiger partial charge in [0.25, 0.3) is 17.7 Å². The van der Waals surface area contributed by atoms with E-state index in [1.165, 1.54) is 40.4 Å². The van der Waals surface area contributed by atoms with Crippen molar-refractivity contribution < 1.29 is 43.0 Å². The van der Waals surface area contributed by atoms with Gasteiger partial charge in [0.1, 0.15) is 34.2 Å². The van der Waals surface area contributed by atoms with E-state index in [4.69, 9.17) is 18.9 Å². The van der Waals surface area contributed by atoms with Gasteiger partial charge in [-0.05, 0) is 78.8 Å². The topological polar surface area (TPSA) is 250 Å². The summed E-state index contributed by atoms with van der Waals surface area (Å²) in [6.45, 7) is 5.58. The van der Waals surface area contributed by atoms with E-state index in [1.807, 2.05) is 12.1 Å². The number of nitrogens with zero attached hydrogens (tertiary/aromatic N) is 7. The molecule has 3 aromatic heterocycles. The van der Waals surface area contributed by atoms with Gasteiger partial charge in [0.15, 0.2) is 17.3 Å². The molecular weight excluding hydrogens is 831 g/mol. The molecule has 0 unspecified atom stereocenters. The fourth-order valence-corrected chi connectivity index (χ4v) is 6.18. The van der Waals surface area contributed by atoms with Gasteiger partial charge in [-0.15, -0.1) is 0 Å². The van der Waals surface area contributed by atoms with Crippen LogP contribution in [0.25, 0.3) is 0 Å². The Bertz CT molecular complexity index is 2610. The highest BCUT2D eigenvalue weighted by Gasteiger charge is 2.26. The molecule has 0 saturated heterocycles. The van der Waals surface area contributed by atoms with Crippen LogP contribution in [0.4, 0.5) is 22.2 Å². The third-order valence-corrected chi connectivity index (χ3v) is 9.25. The molecule has 0 radical (unpaired) electrons. The van der Waals surface area contributed by atoms with Crippen molar-refractivity contribution in [2.24, 2.45) is 0 Å². The lowest BCUT2D eigenvalue weighted by Crippen LogP contribution is -2.38. The maximum Gasteiger partial charge on any atom is 0.407 e. The zero-order chi connectivity index (χ0) is 46.0. The van der Waals surface area contributed by atoms with Gasteiger partial charge in [-0.1, -0.05) is 36.4 Å². The Morgan fingerprint density at radius 1 is 0.578 bits per heavy atom. The van der Waals surface area contributed by atoms with Crippen molar-refractivity contribution in [1.82, 2.24) is 40.0 Å². The number of amides is 4. The number of nitrogens with one attached hydrogen (secondary N) is 4. The van der Waals surface area contributed by atoms with E-state index < -0.39 is 40.2 Å². The molecule has 3 heterocycles. The third kappa shape index (κ3) is 12.0. The molecule has 0 aliphatic carbocycles. The molecule has 0 saturated carbocycles. The number of aromatic nitrogens is 6. The molecule has 0 atom stereocenters. The van der Waals surface area contributed by atoms with Crippen molar-refractivity contribution in [3.63, 3.8) is 0 Å². The maximum absolute atomic E-state index is 14.2. The highest BCUT2D eigenvalue weighted by atomic mass is 16.6. The Kier molecular flexibility index (Phi) is 14.2. The highest BCUT2D eigenvalue weighted by molar-refractivity contribution is 6.06. The first kappa shape index (κ1) is 45.3. The lowest BCUT2D eigenvalue weighted by molar-refractivity contribution is -0.389. The van der Waals surface area contributed by atoms with Crippen LogP contribution >= 0.6 is 0 Å². The molecule has 21 nitrogen and oxygen atoms in total. The molecule has 334 valence electrons. The molecule has 6 rings (SSSR count). The van der Waals surface area contributed by atoms with Crippen LogP contribution in [-0.4, -0.2) is 98.1 Å². The largest absolute Gasteiger partial charge is 0.497 e. The van der Waals surface area contributed by atoms with E-state index in [1.54, 1.807) is 88.5 Å². The van der Waals surface area contributed by atoms with Crippen LogP contribution in [0.15, 0.2) is 91.0 Å². The van der Waals surface area contributed by atoms with Crippen LogP contribution in [0, 0.1) is 10.1 Å². The molecule has 0 aliphatic rings. The first-order valence-corrected chi connectivity index (χ1v) is 19.8. The summed E-state index contributed by atoms with van der Waals surface area (Å²) in [5.41, 5.74) is 1.46. The number of carbonyl (C=O) groups is 4. The fourth-order valence-electron chi connectivity index (χ4n) is 6.18. The Morgan fingerprint density at radius 3 is 1.34 bits per heavy atom. The molecule has 64 heavy (non-hydrogen) atoms. The van der Waals surface area contributed by atoms with E-state index >= 15 is 0 Å². The number of hydrogen-bond donors (Lipinski definition) is 4. The summed E-state index contributed by atoms with van der Waals surface area (Å²) in [7, 11) is 4.61. The second-order valence-electron chi connectivity index (χ2n) is 15.1. The van der Waals surface area contributed by atoms with Crippen LogP contribution in [0.1, 0.15) is 68.9 Å². The number of anilines is 2. The SMILES string of the molecule is COc1ccc(Cn2nc(NC(=O)c3cc(NC(=O)c4cc([N+](=O)[O-])nn4Cc4ccc(OC)cc4)nn3Cc3ccc(OC)cc3)cc2C(=O)NCCNC(=O)OC(C)(C)C)cc1. The van der Waals surface area contributed by atoms with Gasteiger partial charge in [-0.3, -0.25) is 23.7 Å². The maximum atomic E-state index is 14.2. The summed E-state index contributed by atoms with van der Waals surface area (Å²) in [4.78, 5) is 64.6. The van der Waals surface area contributed by atoms with Crippen LogP contribution in [0.2, 0.25) is 0 Å². The molecule has 0 fully saturated rings. The van der Waals surface area contributed by atoms with Crippen molar-refractivity contribution in [2.75, 3.05) is 45.1 Å². The Morgan fingerprint density at radius 2 is 0.953 bits per heavy atom. The zero-order valence-corrected chi connectivity index (χ0v) is 35.9. The second kappa shape index (κ2) is 20.1. The van der Waals surface area contributed by atoms with Gasteiger partial charge >= 0.3 is 11.9 Å². The quantitative estimate of drug-likeness (QED) is 0.0498. The Hall–Kier alpha value is -8.23. The second-order valence-corrected chi connectivity index (χ2v) is 15.1. The van der Waals surface area contributed by atoms with Gasteiger partial charge in [-0.25, -0.2) is 4.79 Å². The molecule has 3 aromatic carbocycles. The normalized spacial score (nSPS) is 11.0. The summed E-state index contributed by atoms with van der Waals surface area (Å²) < 4.78 is 25.0. The van der Waals surface area contributed by atoms with E-state index in [0.29, 0.717) is 22.8 Å². The van der Waals surface area contributed by atoms with Gasteiger partial charge in [-0.2, -0.15) is 14.9 Å². The van der Waals surface area contributed by atoms with E-state index in [0.717, 1.165) is 17.2 Å². The fraction of sp³-hybridized carbons (Fsp3) is 0.279. The Balaban J connectivity index is 1.26. The minimum Gasteiger partial charge on any atom is -0.497 e. The monoisotopic (exact) mass is 877 g/mol. The number of hydrogen-bond acceptors (Lipinski definition) is 13. The average Bonchev–Trinajstić information content (AvgIpc) is 3.99. The summed E-state index contributed by atoms with van der Waals surface area (Å²) >= 11 is 0. The predicted octanol–water partition coefficient (Wildman–Crippen LogP) is 5.11. The Labute approximate surface area is 366 Å². The predicted molar refractivity (Wildman–Crippen MR) is 232 cm³/mol. The first-order valence-electron chi connectivity index (χ1n) is 19.8. The molecule has 4 amide bonds. The van der Waals surface area contributed by atoms with Gasteiger partial charge in [0, 0.05) is 25.2 Å². The van der Waals surface area contributed by atoms with Crippen molar-refractivity contribution in [3.8, 4) is 17.2 Å². The van der Waals surface area contributed by atoms with Crippen molar-refractivity contribution in [2.45, 2.75) is 46.0 Å². The number of methoxy groups -OCH3 is 3. The minimum absolute atomic E-state index is 0.00670. The molecular formula is C43H47N11O10. The number of rotatable bonds is 18. The van der Waals surface area contributed by atoms with Crippen LogP contribution in [0.5, 0.6) is 17.2 Å². The number of alkyl carbamates (subject to hydrolysis) is 1. The van der Waals surface area contributed by atoms with Crippen LogP contribution < -0.4 is 35.5 Å². The average molecular weight is 878 g/mol. The highest BCUT2D eigenvalue weighted by Crippen LogP contribution is 2.22. The molecule has 0 spiro atoms. The molecule has 21 heteroatoms. The number of benzene rings is 3. The first-order chi connectivity index (χ1) is 30.6. The van der Waals surface area contributed by atoms with Crippen LogP contribution in [-0.2, 0) is 24.4 Å². The van der Waals surface area contributed by atoms with Crippen molar-refractivity contribution >= 4 is 41.3 Å². The van der Waals surface area contributed by atoms with Crippen molar-refractivity contribution in [1.29, 1.82) is 0 Å². The number of ether oxygens (including phenoxy) is 4. The lowest BCUT2D eigenvalue weighted by Gasteiger charge is -2.19. The van der Waals surface area contributed by atoms with Gasteiger partial charge in [0.05, 0.1) is 52.1 Å². The summed E-state index contributed by atoms with van der Waals surface area (Å²) in [6.07, 6.45) is -0.634. The summed E-state index contributed by atoms with van der Waals surface area (Å²) in [5.74, 6) is -0.716. The van der Waals surface area contributed by atoms with E-state index in [-0.39, 0.29) is 61.4 Å². The van der Waals surface area contributed by atoms with Gasteiger partial charge < -0.3 is 50.3 Å². The number of nitro groups is 1. The smallest absolute Gasteiger partial charge is 0.407 e. The molecule has 0 bridgehead atoms. The van der Waals surface area contributed by atoms with Crippen LogP contribution in [0.3, 0.4) is 0 Å². The lowest BCUT2D eigenvalue weighted by atomic mass is 10.2. The molecule has 6 aromatic rings. The van der Waals surface area contributed by atoms with E-state index in [9.17, 15) is 29.3 Å². The summed E-state index contributed by atoms with van der Waals surface area (Å²) in [5, 5.41) is 35.6. The van der Waals surface area contributed by atoms with E-state index in [2.05, 4.69) is 36.6 Å². The molecule has 0 aliphatic heterocycles. The zero-order valence-electron chi connectivity index (χ0n) is 35.9. The standard InChI is InChI=1S/C43H47N11O10/c1-43(2,3)64-42(58)45-20-19-44-39(55)33-21-36(48-51(33)24-27-7-13-30(61-4)14-8-27)46-40(56)34-22-37(49-52(34)25-28-9-15-31(62-5)16-10-28)47-41(57)35-23-38(54(59)60)50-53(35)26-29-11-17-32(63-6)18-12-29/h7-18,21-23H,19-20,24-26H2,1-6H3,(H,44,55)(H,45,58)(H,46,48,56)(H,47,49,57). The summed E-state index contributed by atoms with van der Waals surface area (Å²) in [6, 6.07) is 24.9. The number of carbonyl (C=O) groups excluding carboxylic acids is 4. The third-order valence-electron chi connectivity index (χ3n) is 9.25. The van der Waals surface area contributed by atoms with Gasteiger partial charge in [0.2, 0.25) is 0 Å². The minimum atomic E-state index is -0.774.